The minimum Gasteiger partial charge on any atom is -0.356 e. The van der Waals surface area contributed by atoms with Crippen LogP contribution in [-0.2, 0) is 4.79 Å². The maximum Gasteiger partial charge on any atom is 0.227 e. The van der Waals surface area contributed by atoms with Gasteiger partial charge in [-0.3, -0.25) is 4.79 Å². The van der Waals surface area contributed by atoms with Crippen molar-refractivity contribution in [2.75, 3.05) is 26.7 Å². The average Bonchev–Trinajstić information content (AvgIpc) is 2.54. The summed E-state index contributed by atoms with van der Waals surface area (Å²) in [6.45, 7) is 6.36. The Bertz CT molecular complexity index is 288. The second-order valence-corrected chi connectivity index (χ2v) is 6.57. The first-order valence-electron chi connectivity index (χ1n) is 8.78. The molecule has 4 nitrogen and oxygen atoms in total. The third kappa shape index (κ3) is 5.26. The second-order valence-electron chi connectivity index (χ2n) is 6.57. The van der Waals surface area contributed by atoms with Crippen molar-refractivity contribution in [3.8, 4) is 0 Å². The van der Waals surface area contributed by atoms with Crippen molar-refractivity contribution in [1.82, 2.24) is 10.2 Å². The molecule has 1 aliphatic carbocycles. The fraction of sp³-hybridized carbons (Fsp3) is 0.941. The zero-order valence-electron chi connectivity index (χ0n) is 14.3. The number of hydrogen-bond acceptors (Lipinski definition) is 3. The topological polar surface area (TPSA) is 58.4 Å². The van der Waals surface area contributed by atoms with E-state index in [2.05, 4.69) is 17.3 Å². The molecule has 3 N–H and O–H groups in total. The van der Waals surface area contributed by atoms with Gasteiger partial charge < -0.3 is 16.0 Å². The van der Waals surface area contributed by atoms with E-state index in [9.17, 15) is 4.79 Å². The van der Waals surface area contributed by atoms with Gasteiger partial charge in [0.2, 0.25) is 5.91 Å². The Labute approximate surface area is 130 Å². The predicted molar refractivity (Wildman–Crippen MR) is 89.2 cm³/mol. The molecule has 4 heteroatoms. The van der Waals surface area contributed by atoms with E-state index in [1.54, 1.807) is 0 Å². The van der Waals surface area contributed by atoms with Crippen LogP contribution in [0.3, 0.4) is 0 Å². The van der Waals surface area contributed by atoms with E-state index >= 15 is 0 Å². The Morgan fingerprint density at radius 3 is 2.38 bits per heavy atom. The van der Waals surface area contributed by atoms with Crippen LogP contribution < -0.4 is 11.1 Å². The van der Waals surface area contributed by atoms with Crippen LogP contribution in [0.25, 0.3) is 0 Å². The van der Waals surface area contributed by atoms with E-state index in [4.69, 9.17) is 5.73 Å². The largest absolute Gasteiger partial charge is 0.356 e. The highest BCUT2D eigenvalue weighted by Gasteiger charge is 2.32. The number of nitrogens with two attached hydrogens (primary N) is 1. The molecule has 0 heterocycles. The molecule has 0 spiro atoms. The maximum atomic E-state index is 12.3. The molecule has 1 fully saturated rings. The Kier molecular flexibility index (Phi) is 8.27. The summed E-state index contributed by atoms with van der Waals surface area (Å²) in [6, 6.07) is 0.754. The summed E-state index contributed by atoms with van der Waals surface area (Å²) < 4.78 is 0. The number of rotatable bonds is 9. The van der Waals surface area contributed by atoms with Gasteiger partial charge in [0.1, 0.15) is 0 Å². The van der Waals surface area contributed by atoms with Crippen molar-refractivity contribution in [2.24, 2.45) is 11.1 Å². The maximum absolute atomic E-state index is 12.3. The van der Waals surface area contributed by atoms with Crippen molar-refractivity contribution in [1.29, 1.82) is 0 Å². The summed E-state index contributed by atoms with van der Waals surface area (Å²) in [4.78, 5) is 14.8. The molecule has 0 unspecified atom stereocenters. The number of carbonyl (C=O) groups is 1. The molecule has 1 saturated carbocycles. The zero-order valence-corrected chi connectivity index (χ0v) is 14.3. The Hall–Kier alpha value is -0.610. The van der Waals surface area contributed by atoms with Crippen molar-refractivity contribution >= 4 is 5.91 Å². The first-order valence-corrected chi connectivity index (χ1v) is 8.78. The van der Waals surface area contributed by atoms with E-state index in [0.717, 1.165) is 38.4 Å². The molecule has 0 aromatic heterocycles. The molecule has 21 heavy (non-hydrogen) atoms. The van der Waals surface area contributed by atoms with Crippen molar-refractivity contribution in [2.45, 2.75) is 71.3 Å². The van der Waals surface area contributed by atoms with Gasteiger partial charge in [-0.05, 0) is 45.7 Å². The lowest BCUT2D eigenvalue weighted by molar-refractivity contribution is -0.131. The molecule has 0 saturated heterocycles. The monoisotopic (exact) mass is 297 g/mol. The predicted octanol–water partition coefficient (Wildman–Crippen LogP) is 2.52. The molecule has 1 aliphatic rings. The van der Waals surface area contributed by atoms with Gasteiger partial charge in [0.05, 0.1) is 5.41 Å². The molecule has 0 aliphatic heterocycles. The fourth-order valence-corrected chi connectivity index (χ4v) is 3.37. The van der Waals surface area contributed by atoms with Crippen LogP contribution >= 0.6 is 0 Å². The van der Waals surface area contributed by atoms with Crippen molar-refractivity contribution in [3.63, 3.8) is 0 Å². The smallest absolute Gasteiger partial charge is 0.227 e. The lowest BCUT2D eigenvalue weighted by Crippen LogP contribution is -2.46. The molecule has 1 amide bonds. The van der Waals surface area contributed by atoms with Crippen LogP contribution in [0.2, 0.25) is 0 Å². The molecule has 124 valence electrons. The first-order chi connectivity index (χ1) is 10.1. The number of nitrogens with one attached hydrogen (secondary N) is 1. The van der Waals surface area contributed by atoms with Crippen LogP contribution in [0.5, 0.6) is 0 Å². The molecule has 0 radical (unpaired) electrons. The van der Waals surface area contributed by atoms with Gasteiger partial charge in [-0.25, -0.2) is 0 Å². The van der Waals surface area contributed by atoms with Gasteiger partial charge in [-0.2, -0.15) is 0 Å². The Morgan fingerprint density at radius 2 is 1.86 bits per heavy atom. The highest BCUT2D eigenvalue weighted by Crippen LogP contribution is 2.25. The summed E-state index contributed by atoms with van der Waals surface area (Å²) >= 11 is 0. The summed E-state index contributed by atoms with van der Waals surface area (Å²) in [5.41, 5.74) is 5.44. The molecular formula is C17H35N3O. The van der Waals surface area contributed by atoms with Crippen molar-refractivity contribution < 1.29 is 4.79 Å². The minimum absolute atomic E-state index is 0.135. The number of hydrogen-bond donors (Lipinski definition) is 2. The van der Waals surface area contributed by atoms with Gasteiger partial charge in [0, 0.05) is 19.1 Å². The quantitative estimate of drug-likeness (QED) is 0.643. The van der Waals surface area contributed by atoms with Gasteiger partial charge in [0.25, 0.3) is 0 Å². The summed E-state index contributed by atoms with van der Waals surface area (Å²) in [6.07, 6.45) is 9.47. The number of amides is 1. The first kappa shape index (κ1) is 18.4. The van der Waals surface area contributed by atoms with E-state index in [0.29, 0.717) is 6.54 Å². The van der Waals surface area contributed by atoms with Crippen LogP contribution in [0.4, 0.5) is 0 Å². The highest BCUT2D eigenvalue weighted by atomic mass is 16.2. The number of carbonyl (C=O) groups excluding carboxylic acids is 1. The fourth-order valence-electron chi connectivity index (χ4n) is 3.37. The summed E-state index contributed by atoms with van der Waals surface area (Å²) in [7, 11) is 2.22. The van der Waals surface area contributed by atoms with Gasteiger partial charge in [-0.15, -0.1) is 0 Å². The van der Waals surface area contributed by atoms with Gasteiger partial charge in [0.15, 0.2) is 0 Å². The van der Waals surface area contributed by atoms with Crippen LogP contribution in [0.15, 0.2) is 0 Å². The third-order valence-electron chi connectivity index (χ3n) is 5.40. The lowest BCUT2D eigenvalue weighted by atomic mass is 9.81. The van der Waals surface area contributed by atoms with Gasteiger partial charge >= 0.3 is 0 Å². The van der Waals surface area contributed by atoms with E-state index in [1.165, 1.54) is 32.1 Å². The lowest BCUT2D eigenvalue weighted by Gasteiger charge is -2.31. The minimum atomic E-state index is -0.366. The molecule has 0 aromatic carbocycles. The highest BCUT2D eigenvalue weighted by molar-refractivity contribution is 5.82. The Morgan fingerprint density at radius 1 is 1.24 bits per heavy atom. The summed E-state index contributed by atoms with van der Waals surface area (Å²) in [5, 5.41) is 3.09. The normalized spacial score (nSPS) is 17.2. The zero-order chi connectivity index (χ0) is 15.7. The average molecular weight is 297 g/mol. The molecule has 1 rings (SSSR count). The summed E-state index contributed by atoms with van der Waals surface area (Å²) in [5.74, 6) is 0.135. The van der Waals surface area contributed by atoms with Crippen LogP contribution in [0, 0.1) is 5.41 Å². The Balaban J connectivity index is 2.25. The molecule has 0 aromatic rings. The van der Waals surface area contributed by atoms with Crippen LogP contribution in [-0.4, -0.2) is 43.5 Å². The molecule has 0 bridgehead atoms. The van der Waals surface area contributed by atoms with Crippen molar-refractivity contribution in [3.05, 3.63) is 0 Å². The third-order valence-corrected chi connectivity index (χ3v) is 5.40. The number of nitrogens with zero attached hydrogens (tertiary/aromatic N) is 1. The van der Waals surface area contributed by atoms with Gasteiger partial charge in [-0.1, -0.05) is 33.1 Å². The second kappa shape index (κ2) is 9.42. The van der Waals surface area contributed by atoms with E-state index in [1.807, 2.05) is 13.8 Å². The SMILES string of the molecule is CCC(CC)(CN)C(=O)NCCCN(C)C1CCCCC1. The van der Waals surface area contributed by atoms with E-state index in [-0.39, 0.29) is 11.3 Å². The van der Waals surface area contributed by atoms with Crippen LogP contribution in [0.1, 0.15) is 65.2 Å². The molecular weight excluding hydrogens is 262 g/mol. The van der Waals surface area contributed by atoms with E-state index < -0.39 is 0 Å². The molecule has 0 atom stereocenters. The standard InChI is InChI=1S/C17H35N3O/c1-4-17(5-2,14-18)16(21)19-12-9-13-20(3)15-10-7-6-8-11-15/h15H,4-14,18H2,1-3H3,(H,19,21).